The van der Waals surface area contributed by atoms with Crippen molar-refractivity contribution in [3.63, 3.8) is 0 Å². The van der Waals surface area contributed by atoms with E-state index in [4.69, 9.17) is 4.74 Å². The molecule has 158 valence electrons. The molecular weight excluding hydrogens is 370 g/mol. The van der Waals surface area contributed by atoms with Gasteiger partial charge in [0.1, 0.15) is 5.60 Å². The Hall–Kier alpha value is -2.57. The molecule has 0 radical (unpaired) electrons. The monoisotopic (exact) mass is 401 g/mol. The van der Waals surface area contributed by atoms with Crippen molar-refractivity contribution in [2.75, 3.05) is 25.0 Å². The normalized spacial score (nSPS) is 21.6. The topological polar surface area (TPSA) is 79.0 Å². The highest BCUT2D eigenvalue weighted by molar-refractivity contribution is 5.98. The van der Waals surface area contributed by atoms with Crippen LogP contribution in [0.1, 0.15) is 62.9 Å². The number of nitrogens with zero attached hydrogens (tertiary/aromatic N) is 2. The first-order valence-corrected chi connectivity index (χ1v) is 10.2. The van der Waals surface area contributed by atoms with Crippen LogP contribution in [0.4, 0.5) is 10.5 Å². The molecule has 0 aliphatic carbocycles. The standard InChI is InChI=1S/C22H31N3O4/c1-15-7-8-17(13-18(15)23-16(2)26)19(27)25-12-10-22(25)9-6-11-24(14-22)20(28)29-21(3,4)5/h7-8,13H,6,9-12,14H2,1-5H3,(H,23,26)/t22-/m0/s1. The first kappa shape index (κ1) is 21.1. The van der Waals surface area contributed by atoms with E-state index in [0.717, 1.165) is 24.8 Å². The fraction of sp³-hybridized carbons (Fsp3) is 0.591. The van der Waals surface area contributed by atoms with Crippen LogP contribution in [0.2, 0.25) is 0 Å². The molecule has 7 heteroatoms. The van der Waals surface area contributed by atoms with Crippen molar-refractivity contribution in [2.24, 2.45) is 0 Å². The minimum atomic E-state index is -0.543. The van der Waals surface area contributed by atoms with Crippen molar-refractivity contribution in [3.05, 3.63) is 29.3 Å². The van der Waals surface area contributed by atoms with Crippen molar-refractivity contribution in [2.45, 2.75) is 65.0 Å². The molecule has 0 bridgehead atoms. The fourth-order valence-corrected chi connectivity index (χ4v) is 4.11. The molecule has 1 aromatic rings. The van der Waals surface area contributed by atoms with Crippen molar-refractivity contribution in [1.82, 2.24) is 9.80 Å². The molecule has 3 rings (SSSR count). The highest BCUT2D eigenvalue weighted by Gasteiger charge is 2.50. The molecule has 1 spiro atoms. The van der Waals surface area contributed by atoms with E-state index in [2.05, 4.69) is 5.32 Å². The summed E-state index contributed by atoms with van der Waals surface area (Å²) in [6, 6.07) is 5.38. The number of rotatable bonds is 2. The first-order valence-electron chi connectivity index (χ1n) is 10.2. The minimum absolute atomic E-state index is 0.0612. The highest BCUT2D eigenvalue weighted by atomic mass is 16.6. The summed E-state index contributed by atoms with van der Waals surface area (Å²) in [4.78, 5) is 40.8. The van der Waals surface area contributed by atoms with Crippen LogP contribution in [0.5, 0.6) is 0 Å². The van der Waals surface area contributed by atoms with Crippen molar-refractivity contribution in [1.29, 1.82) is 0 Å². The Bertz CT molecular complexity index is 830. The van der Waals surface area contributed by atoms with Crippen LogP contribution in [0, 0.1) is 6.92 Å². The third-order valence-corrected chi connectivity index (χ3v) is 5.62. The van der Waals surface area contributed by atoms with Gasteiger partial charge in [0.2, 0.25) is 5.91 Å². The van der Waals surface area contributed by atoms with Crippen LogP contribution < -0.4 is 5.32 Å². The van der Waals surface area contributed by atoms with E-state index in [1.54, 1.807) is 17.0 Å². The van der Waals surface area contributed by atoms with Crippen molar-refractivity contribution in [3.8, 4) is 0 Å². The van der Waals surface area contributed by atoms with Gasteiger partial charge in [0.25, 0.3) is 5.91 Å². The summed E-state index contributed by atoms with van der Waals surface area (Å²) in [5.41, 5.74) is 1.23. The zero-order valence-electron chi connectivity index (χ0n) is 18.0. The van der Waals surface area contributed by atoms with Gasteiger partial charge >= 0.3 is 6.09 Å². The lowest BCUT2D eigenvalue weighted by atomic mass is 9.77. The number of piperidine rings is 1. The number of nitrogens with one attached hydrogen (secondary N) is 1. The summed E-state index contributed by atoms with van der Waals surface area (Å²) in [7, 11) is 0. The molecule has 1 atom stereocenters. The molecule has 2 saturated heterocycles. The number of hydrogen-bond donors (Lipinski definition) is 1. The number of benzene rings is 1. The molecule has 2 heterocycles. The van der Waals surface area contributed by atoms with E-state index in [1.807, 2.05) is 38.7 Å². The number of likely N-dealkylation sites (tertiary alicyclic amines) is 2. The second kappa shape index (κ2) is 7.69. The molecule has 2 fully saturated rings. The largest absolute Gasteiger partial charge is 0.444 e. The zero-order valence-corrected chi connectivity index (χ0v) is 18.0. The molecule has 1 N–H and O–H groups in total. The van der Waals surface area contributed by atoms with E-state index in [-0.39, 0.29) is 23.4 Å². The lowest BCUT2D eigenvalue weighted by Gasteiger charge is -2.56. The number of carbonyl (C=O) groups is 3. The summed E-state index contributed by atoms with van der Waals surface area (Å²) >= 11 is 0. The fourth-order valence-electron chi connectivity index (χ4n) is 4.11. The Kier molecular flexibility index (Phi) is 5.61. The van der Waals surface area contributed by atoms with Gasteiger partial charge in [-0.1, -0.05) is 6.07 Å². The third kappa shape index (κ3) is 4.54. The molecule has 2 aliphatic heterocycles. The van der Waals surface area contributed by atoms with Crippen molar-refractivity contribution < 1.29 is 19.1 Å². The molecule has 3 amide bonds. The van der Waals surface area contributed by atoms with Gasteiger partial charge in [0, 0.05) is 37.8 Å². The molecule has 7 nitrogen and oxygen atoms in total. The lowest BCUT2D eigenvalue weighted by molar-refractivity contribution is -0.114. The second-order valence-electron chi connectivity index (χ2n) is 9.15. The predicted octanol–water partition coefficient (Wildman–Crippen LogP) is 3.57. The van der Waals surface area contributed by atoms with E-state index in [9.17, 15) is 14.4 Å². The van der Waals surface area contributed by atoms with Crippen LogP contribution in [-0.2, 0) is 9.53 Å². The van der Waals surface area contributed by atoms with Gasteiger partial charge in [0.05, 0.1) is 5.54 Å². The maximum absolute atomic E-state index is 13.2. The molecule has 29 heavy (non-hydrogen) atoms. The number of ether oxygens (including phenoxy) is 1. The van der Waals surface area contributed by atoms with Gasteiger partial charge in [-0.05, 0) is 64.7 Å². The number of carbonyl (C=O) groups excluding carboxylic acids is 3. The Morgan fingerprint density at radius 1 is 1.14 bits per heavy atom. The van der Waals surface area contributed by atoms with Crippen LogP contribution in [0.3, 0.4) is 0 Å². The van der Waals surface area contributed by atoms with Crippen LogP contribution in [-0.4, -0.2) is 58.5 Å². The maximum Gasteiger partial charge on any atom is 0.410 e. The van der Waals surface area contributed by atoms with E-state index >= 15 is 0 Å². The van der Waals surface area contributed by atoms with Crippen LogP contribution >= 0.6 is 0 Å². The Labute approximate surface area is 172 Å². The minimum Gasteiger partial charge on any atom is -0.444 e. The average molecular weight is 402 g/mol. The Morgan fingerprint density at radius 3 is 2.45 bits per heavy atom. The van der Waals surface area contributed by atoms with Gasteiger partial charge in [-0.25, -0.2) is 4.79 Å². The summed E-state index contributed by atoms with van der Waals surface area (Å²) in [6.07, 6.45) is 2.28. The molecule has 1 aromatic carbocycles. The van der Waals surface area contributed by atoms with Gasteiger partial charge in [-0.2, -0.15) is 0 Å². The van der Waals surface area contributed by atoms with Gasteiger partial charge < -0.3 is 19.9 Å². The Balaban J connectivity index is 1.76. The quantitative estimate of drug-likeness (QED) is 0.822. The van der Waals surface area contributed by atoms with Gasteiger partial charge in [-0.3, -0.25) is 9.59 Å². The first-order chi connectivity index (χ1) is 13.5. The van der Waals surface area contributed by atoms with Crippen LogP contribution in [0.15, 0.2) is 18.2 Å². The number of aryl methyl sites for hydroxylation is 1. The number of anilines is 1. The van der Waals surface area contributed by atoms with Crippen molar-refractivity contribution >= 4 is 23.6 Å². The predicted molar refractivity (Wildman–Crippen MR) is 111 cm³/mol. The van der Waals surface area contributed by atoms with E-state index in [1.165, 1.54) is 6.92 Å². The smallest absolute Gasteiger partial charge is 0.410 e. The van der Waals surface area contributed by atoms with Gasteiger partial charge in [0.15, 0.2) is 0 Å². The number of hydrogen-bond acceptors (Lipinski definition) is 4. The van der Waals surface area contributed by atoms with E-state index < -0.39 is 5.60 Å². The maximum atomic E-state index is 13.2. The molecular formula is C22H31N3O4. The molecule has 0 aromatic heterocycles. The number of amides is 3. The average Bonchev–Trinajstić information content (AvgIpc) is 2.61. The third-order valence-electron chi connectivity index (χ3n) is 5.62. The highest BCUT2D eigenvalue weighted by Crippen LogP contribution is 2.40. The molecule has 0 unspecified atom stereocenters. The Morgan fingerprint density at radius 2 is 1.86 bits per heavy atom. The lowest BCUT2D eigenvalue weighted by Crippen LogP contribution is -2.69. The summed E-state index contributed by atoms with van der Waals surface area (Å²) < 4.78 is 5.53. The summed E-state index contributed by atoms with van der Waals surface area (Å²) in [5, 5.41) is 2.78. The summed E-state index contributed by atoms with van der Waals surface area (Å²) in [6.45, 7) is 10.7. The molecule has 0 saturated carbocycles. The SMILES string of the molecule is CC(=O)Nc1cc(C(=O)N2CC[C@]23CCCN(C(=O)OC(C)(C)C)C3)ccc1C. The summed E-state index contributed by atoms with van der Waals surface area (Å²) in [5.74, 6) is -0.229. The van der Waals surface area contributed by atoms with E-state index in [0.29, 0.717) is 30.9 Å². The van der Waals surface area contributed by atoms with Gasteiger partial charge in [-0.15, -0.1) is 0 Å². The molecule has 2 aliphatic rings. The van der Waals surface area contributed by atoms with Crippen LogP contribution in [0.25, 0.3) is 0 Å². The zero-order chi connectivity index (χ0) is 21.4. The second-order valence-corrected chi connectivity index (χ2v) is 9.15.